The molecule has 0 saturated carbocycles. The normalized spacial score (nSPS) is 22.7. The van der Waals surface area contributed by atoms with E-state index in [0.29, 0.717) is 18.0 Å². The van der Waals surface area contributed by atoms with Crippen LogP contribution in [0.1, 0.15) is 29.4 Å². The number of piperidine rings is 1. The molecule has 1 aliphatic rings. The Morgan fingerprint density at radius 3 is 2.90 bits per heavy atom. The SMILES string of the molecule is CNc1cc(C(=O)N2CCC(C)C(OC)C2)cc(C)n1. The molecule has 1 aromatic heterocycles. The number of aryl methyl sites for hydroxylation is 1. The van der Waals surface area contributed by atoms with Crippen molar-refractivity contribution in [1.82, 2.24) is 9.88 Å². The molecular weight excluding hydrogens is 254 g/mol. The number of nitrogens with zero attached hydrogens (tertiary/aromatic N) is 2. The zero-order valence-corrected chi connectivity index (χ0v) is 12.6. The summed E-state index contributed by atoms with van der Waals surface area (Å²) in [6, 6.07) is 3.64. The Morgan fingerprint density at radius 2 is 2.25 bits per heavy atom. The van der Waals surface area contributed by atoms with E-state index in [1.54, 1.807) is 20.2 Å². The number of aromatic nitrogens is 1. The predicted molar refractivity (Wildman–Crippen MR) is 79.0 cm³/mol. The van der Waals surface area contributed by atoms with Crippen LogP contribution in [0.3, 0.4) is 0 Å². The minimum absolute atomic E-state index is 0.0564. The zero-order chi connectivity index (χ0) is 14.7. The number of hydrogen-bond donors (Lipinski definition) is 1. The Morgan fingerprint density at radius 1 is 1.50 bits per heavy atom. The van der Waals surface area contributed by atoms with E-state index in [9.17, 15) is 4.79 Å². The van der Waals surface area contributed by atoms with Gasteiger partial charge in [-0.15, -0.1) is 0 Å². The highest BCUT2D eigenvalue weighted by Gasteiger charge is 2.29. The van der Waals surface area contributed by atoms with Crippen molar-refractivity contribution in [3.63, 3.8) is 0 Å². The number of nitrogens with one attached hydrogen (secondary N) is 1. The van der Waals surface area contributed by atoms with Gasteiger partial charge in [0.15, 0.2) is 0 Å². The number of likely N-dealkylation sites (tertiary alicyclic amines) is 1. The Bertz CT molecular complexity index is 490. The van der Waals surface area contributed by atoms with Crippen molar-refractivity contribution in [1.29, 1.82) is 0 Å². The Labute approximate surface area is 120 Å². The molecule has 2 rings (SSSR count). The number of hydrogen-bond acceptors (Lipinski definition) is 4. The number of pyridine rings is 1. The van der Waals surface area contributed by atoms with E-state index in [-0.39, 0.29) is 12.0 Å². The highest BCUT2D eigenvalue weighted by Crippen LogP contribution is 2.21. The van der Waals surface area contributed by atoms with E-state index in [1.165, 1.54) is 0 Å². The summed E-state index contributed by atoms with van der Waals surface area (Å²) in [5.41, 5.74) is 1.53. The van der Waals surface area contributed by atoms with Crippen molar-refractivity contribution in [2.45, 2.75) is 26.4 Å². The summed E-state index contributed by atoms with van der Waals surface area (Å²) in [5, 5.41) is 2.99. The molecule has 2 unspecified atom stereocenters. The minimum Gasteiger partial charge on any atom is -0.379 e. The lowest BCUT2D eigenvalue weighted by molar-refractivity contribution is -0.00156. The van der Waals surface area contributed by atoms with Gasteiger partial charge >= 0.3 is 0 Å². The molecule has 0 radical (unpaired) electrons. The largest absolute Gasteiger partial charge is 0.379 e. The van der Waals surface area contributed by atoms with Crippen LogP contribution in [0.4, 0.5) is 5.82 Å². The molecule has 1 saturated heterocycles. The summed E-state index contributed by atoms with van der Waals surface area (Å²) in [6.45, 7) is 5.52. The van der Waals surface area contributed by atoms with E-state index in [0.717, 1.165) is 24.5 Å². The molecule has 110 valence electrons. The molecular formula is C15H23N3O2. The topological polar surface area (TPSA) is 54.5 Å². The first-order chi connectivity index (χ1) is 9.55. The fourth-order valence-electron chi connectivity index (χ4n) is 2.63. The monoisotopic (exact) mass is 277 g/mol. The van der Waals surface area contributed by atoms with Crippen molar-refractivity contribution in [2.24, 2.45) is 5.92 Å². The summed E-state index contributed by atoms with van der Waals surface area (Å²) in [5.74, 6) is 1.28. The quantitative estimate of drug-likeness (QED) is 0.917. The standard InChI is InChI=1S/C15H23N3O2/c1-10-5-6-18(9-13(10)20-4)15(19)12-7-11(2)17-14(8-12)16-3/h7-8,10,13H,5-6,9H2,1-4H3,(H,16,17). The van der Waals surface area contributed by atoms with Gasteiger partial charge in [0.2, 0.25) is 0 Å². The number of methoxy groups -OCH3 is 1. The molecule has 1 amide bonds. The Kier molecular flexibility index (Phi) is 4.60. The second-order valence-corrected chi connectivity index (χ2v) is 5.42. The third kappa shape index (κ3) is 3.10. The second-order valence-electron chi connectivity index (χ2n) is 5.42. The van der Waals surface area contributed by atoms with Crippen molar-refractivity contribution in [3.8, 4) is 0 Å². The highest BCUT2D eigenvalue weighted by atomic mass is 16.5. The number of rotatable bonds is 3. The number of amides is 1. The lowest BCUT2D eigenvalue weighted by Gasteiger charge is -2.36. The first-order valence-corrected chi connectivity index (χ1v) is 7.03. The van der Waals surface area contributed by atoms with Gasteiger partial charge in [0.1, 0.15) is 5.82 Å². The van der Waals surface area contributed by atoms with Crippen LogP contribution >= 0.6 is 0 Å². The van der Waals surface area contributed by atoms with Gasteiger partial charge in [-0.05, 0) is 31.4 Å². The van der Waals surface area contributed by atoms with E-state index in [2.05, 4.69) is 17.2 Å². The molecule has 2 heterocycles. The molecule has 0 bridgehead atoms. The summed E-state index contributed by atoms with van der Waals surface area (Å²) in [4.78, 5) is 18.8. The van der Waals surface area contributed by atoms with Gasteiger partial charge < -0.3 is 15.0 Å². The van der Waals surface area contributed by atoms with E-state index in [4.69, 9.17) is 4.74 Å². The molecule has 20 heavy (non-hydrogen) atoms. The molecule has 0 spiro atoms. The number of anilines is 1. The van der Waals surface area contributed by atoms with Crippen LogP contribution in [-0.4, -0.2) is 49.1 Å². The zero-order valence-electron chi connectivity index (χ0n) is 12.6. The van der Waals surface area contributed by atoms with Gasteiger partial charge in [-0.25, -0.2) is 4.98 Å². The van der Waals surface area contributed by atoms with Gasteiger partial charge in [-0.2, -0.15) is 0 Å². The van der Waals surface area contributed by atoms with Crippen LogP contribution in [0.25, 0.3) is 0 Å². The van der Waals surface area contributed by atoms with Gasteiger partial charge in [-0.1, -0.05) is 6.92 Å². The van der Waals surface area contributed by atoms with Crippen LogP contribution < -0.4 is 5.32 Å². The van der Waals surface area contributed by atoms with Crippen molar-refractivity contribution < 1.29 is 9.53 Å². The van der Waals surface area contributed by atoms with Gasteiger partial charge in [0.25, 0.3) is 5.91 Å². The number of carbonyl (C=O) groups excluding carboxylic acids is 1. The average Bonchev–Trinajstić information content (AvgIpc) is 2.46. The molecule has 1 fully saturated rings. The summed E-state index contributed by atoms with van der Waals surface area (Å²) < 4.78 is 5.47. The van der Waals surface area contributed by atoms with Crippen molar-refractivity contribution in [3.05, 3.63) is 23.4 Å². The third-order valence-corrected chi connectivity index (χ3v) is 3.94. The number of carbonyl (C=O) groups is 1. The van der Waals surface area contributed by atoms with Crippen LogP contribution in [-0.2, 0) is 4.74 Å². The fraction of sp³-hybridized carbons (Fsp3) is 0.600. The molecule has 5 heteroatoms. The molecule has 5 nitrogen and oxygen atoms in total. The summed E-state index contributed by atoms with van der Waals surface area (Å²) in [6.07, 6.45) is 1.10. The maximum absolute atomic E-state index is 12.6. The first-order valence-electron chi connectivity index (χ1n) is 7.03. The molecule has 1 N–H and O–H groups in total. The van der Waals surface area contributed by atoms with Crippen LogP contribution in [0.5, 0.6) is 0 Å². The maximum Gasteiger partial charge on any atom is 0.254 e. The summed E-state index contributed by atoms with van der Waals surface area (Å²) in [7, 11) is 3.52. The van der Waals surface area contributed by atoms with Gasteiger partial charge in [0.05, 0.1) is 6.10 Å². The number of ether oxygens (including phenoxy) is 1. The molecule has 1 aromatic rings. The van der Waals surface area contributed by atoms with E-state index >= 15 is 0 Å². The van der Waals surface area contributed by atoms with E-state index in [1.807, 2.05) is 17.9 Å². The smallest absolute Gasteiger partial charge is 0.254 e. The van der Waals surface area contributed by atoms with E-state index < -0.39 is 0 Å². The maximum atomic E-state index is 12.6. The van der Waals surface area contributed by atoms with Crippen molar-refractivity contribution in [2.75, 3.05) is 32.6 Å². The fourth-order valence-corrected chi connectivity index (χ4v) is 2.63. The lowest BCUT2D eigenvalue weighted by atomic mass is 9.95. The Hall–Kier alpha value is -1.62. The lowest BCUT2D eigenvalue weighted by Crippen LogP contribution is -2.46. The second kappa shape index (κ2) is 6.22. The van der Waals surface area contributed by atoms with Crippen LogP contribution in [0.15, 0.2) is 12.1 Å². The summed E-state index contributed by atoms with van der Waals surface area (Å²) >= 11 is 0. The highest BCUT2D eigenvalue weighted by molar-refractivity contribution is 5.95. The third-order valence-electron chi connectivity index (χ3n) is 3.94. The molecule has 0 aliphatic carbocycles. The van der Waals surface area contributed by atoms with Gasteiger partial charge in [-0.3, -0.25) is 4.79 Å². The first kappa shape index (κ1) is 14.8. The van der Waals surface area contributed by atoms with Crippen molar-refractivity contribution >= 4 is 11.7 Å². The van der Waals surface area contributed by atoms with Crippen LogP contribution in [0, 0.1) is 12.8 Å². The molecule has 2 atom stereocenters. The van der Waals surface area contributed by atoms with Gasteiger partial charge in [0, 0.05) is 38.5 Å². The molecule has 1 aliphatic heterocycles. The predicted octanol–water partition coefficient (Wildman–Crippen LogP) is 1.93. The average molecular weight is 277 g/mol. The Balaban J connectivity index is 2.17. The van der Waals surface area contributed by atoms with Crippen LogP contribution in [0.2, 0.25) is 0 Å². The molecule has 0 aromatic carbocycles. The minimum atomic E-state index is 0.0564.